The lowest BCUT2D eigenvalue weighted by Gasteiger charge is -2.09. The Kier molecular flexibility index (Phi) is 2.26. The van der Waals surface area contributed by atoms with Crippen molar-refractivity contribution in [1.82, 2.24) is 0 Å². The predicted molar refractivity (Wildman–Crippen MR) is 54.3 cm³/mol. The first kappa shape index (κ1) is 9.32. The maximum atomic E-state index is 9.79. The van der Waals surface area contributed by atoms with Gasteiger partial charge in [-0.1, -0.05) is 30.1 Å². The molecule has 1 N–H and O–H groups in total. The highest BCUT2D eigenvalue weighted by atomic mass is 35.5. The van der Waals surface area contributed by atoms with Crippen LogP contribution in [-0.2, 0) is 6.42 Å². The van der Waals surface area contributed by atoms with Crippen LogP contribution in [0.3, 0.4) is 0 Å². The molecule has 0 bridgehead atoms. The van der Waals surface area contributed by atoms with E-state index in [4.69, 9.17) is 23.2 Å². The van der Waals surface area contributed by atoms with Crippen molar-refractivity contribution in [2.24, 2.45) is 5.92 Å². The van der Waals surface area contributed by atoms with Gasteiger partial charge in [-0.05, 0) is 30.0 Å². The van der Waals surface area contributed by atoms with E-state index >= 15 is 0 Å². The Morgan fingerprint density at radius 1 is 1.38 bits per heavy atom. The van der Waals surface area contributed by atoms with E-state index in [1.807, 2.05) is 13.0 Å². The normalized spacial score (nSPS) is 26.2. The second kappa shape index (κ2) is 3.16. The molecule has 13 heavy (non-hydrogen) atoms. The molecule has 0 amide bonds. The van der Waals surface area contributed by atoms with E-state index in [9.17, 15) is 5.11 Å². The Morgan fingerprint density at radius 2 is 2.08 bits per heavy atom. The zero-order chi connectivity index (χ0) is 9.59. The molecule has 0 saturated heterocycles. The lowest BCUT2D eigenvalue weighted by Crippen LogP contribution is -2.01. The highest BCUT2D eigenvalue weighted by molar-refractivity contribution is 6.35. The van der Waals surface area contributed by atoms with E-state index in [-0.39, 0.29) is 5.92 Å². The fourth-order valence-electron chi connectivity index (χ4n) is 1.88. The maximum absolute atomic E-state index is 9.79. The van der Waals surface area contributed by atoms with Crippen molar-refractivity contribution < 1.29 is 5.11 Å². The minimum absolute atomic E-state index is 0.242. The minimum atomic E-state index is -0.431. The second-order valence-electron chi connectivity index (χ2n) is 3.59. The van der Waals surface area contributed by atoms with Crippen LogP contribution in [0.4, 0.5) is 0 Å². The van der Waals surface area contributed by atoms with Crippen molar-refractivity contribution >= 4 is 23.2 Å². The average Bonchev–Trinajstić information content (AvgIpc) is 2.27. The molecule has 0 fully saturated rings. The molecule has 70 valence electrons. The van der Waals surface area contributed by atoms with Crippen molar-refractivity contribution in [3.8, 4) is 0 Å². The van der Waals surface area contributed by atoms with Gasteiger partial charge in [0.15, 0.2) is 0 Å². The topological polar surface area (TPSA) is 20.2 Å². The maximum Gasteiger partial charge on any atom is 0.0835 e. The highest BCUT2D eigenvalue weighted by Gasteiger charge is 2.29. The van der Waals surface area contributed by atoms with Gasteiger partial charge in [0, 0.05) is 15.6 Å². The van der Waals surface area contributed by atoms with Gasteiger partial charge in [-0.2, -0.15) is 0 Å². The SMILES string of the molecule is CC1Cc2cc(Cl)cc(Cl)c2C1O. The van der Waals surface area contributed by atoms with Gasteiger partial charge in [-0.25, -0.2) is 0 Å². The fourth-order valence-corrected chi connectivity index (χ4v) is 2.53. The number of hydrogen-bond donors (Lipinski definition) is 1. The Labute approximate surface area is 87.3 Å². The van der Waals surface area contributed by atoms with Crippen LogP contribution in [0.15, 0.2) is 12.1 Å². The lowest BCUT2D eigenvalue weighted by molar-refractivity contribution is 0.133. The van der Waals surface area contributed by atoms with Crippen LogP contribution in [-0.4, -0.2) is 5.11 Å². The average molecular weight is 217 g/mol. The molecule has 0 saturated carbocycles. The van der Waals surface area contributed by atoms with Gasteiger partial charge in [-0.3, -0.25) is 0 Å². The first-order valence-corrected chi connectivity index (χ1v) is 5.01. The number of hydrogen-bond acceptors (Lipinski definition) is 1. The van der Waals surface area contributed by atoms with Crippen LogP contribution >= 0.6 is 23.2 Å². The summed E-state index contributed by atoms with van der Waals surface area (Å²) in [4.78, 5) is 0. The summed E-state index contributed by atoms with van der Waals surface area (Å²) in [5.74, 6) is 0.242. The molecule has 0 aliphatic heterocycles. The zero-order valence-corrected chi connectivity index (χ0v) is 8.73. The van der Waals surface area contributed by atoms with Crippen LogP contribution in [0, 0.1) is 5.92 Å². The van der Waals surface area contributed by atoms with Gasteiger partial charge in [0.1, 0.15) is 0 Å². The molecule has 2 unspecified atom stereocenters. The Bertz CT molecular complexity index is 349. The van der Waals surface area contributed by atoms with Gasteiger partial charge < -0.3 is 5.11 Å². The monoisotopic (exact) mass is 216 g/mol. The van der Waals surface area contributed by atoms with Gasteiger partial charge in [0.25, 0.3) is 0 Å². The van der Waals surface area contributed by atoms with Gasteiger partial charge in [-0.15, -0.1) is 0 Å². The summed E-state index contributed by atoms with van der Waals surface area (Å²) in [5, 5.41) is 11.0. The summed E-state index contributed by atoms with van der Waals surface area (Å²) in [6.07, 6.45) is 0.427. The van der Waals surface area contributed by atoms with E-state index in [2.05, 4.69) is 0 Å². The van der Waals surface area contributed by atoms with E-state index in [1.165, 1.54) is 0 Å². The molecular weight excluding hydrogens is 207 g/mol. The largest absolute Gasteiger partial charge is 0.388 e. The van der Waals surface area contributed by atoms with Crippen LogP contribution in [0.25, 0.3) is 0 Å². The molecule has 0 radical (unpaired) electrons. The van der Waals surface area contributed by atoms with Crippen molar-refractivity contribution in [3.63, 3.8) is 0 Å². The summed E-state index contributed by atoms with van der Waals surface area (Å²) in [6, 6.07) is 3.57. The van der Waals surface area contributed by atoms with E-state index in [0.29, 0.717) is 10.0 Å². The molecule has 3 heteroatoms. The second-order valence-corrected chi connectivity index (χ2v) is 4.43. The zero-order valence-electron chi connectivity index (χ0n) is 7.22. The standard InChI is InChI=1S/C10H10Cl2O/c1-5-2-6-3-7(11)4-8(12)9(6)10(5)13/h3-5,10,13H,2H2,1H3. The van der Waals surface area contributed by atoms with Crippen molar-refractivity contribution in [1.29, 1.82) is 0 Å². The first-order valence-electron chi connectivity index (χ1n) is 4.25. The molecule has 2 rings (SSSR count). The number of benzene rings is 1. The lowest BCUT2D eigenvalue weighted by atomic mass is 10.1. The molecule has 1 aliphatic carbocycles. The number of fused-ring (bicyclic) bond motifs is 1. The molecular formula is C10H10Cl2O. The number of aliphatic hydroxyl groups is 1. The Hall–Kier alpha value is -0.240. The summed E-state index contributed by atoms with van der Waals surface area (Å²) in [6.45, 7) is 2.01. The van der Waals surface area contributed by atoms with E-state index < -0.39 is 6.10 Å². The highest BCUT2D eigenvalue weighted by Crippen LogP contribution is 2.41. The third-order valence-electron chi connectivity index (χ3n) is 2.56. The van der Waals surface area contributed by atoms with Gasteiger partial charge in [0.2, 0.25) is 0 Å². The molecule has 0 aromatic heterocycles. The van der Waals surface area contributed by atoms with Crippen molar-refractivity contribution in [2.75, 3.05) is 0 Å². The number of halogens is 2. The van der Waals surface area contributed by atoms with Crippen LogP contribution < -0.4 is 0 Å². The summed E-state index contributed by atoms with van der Waals surface area (Å²) >= 11 is 11.8. The smallest absolute Gasteiger partial charge is 0.0835 e. The van der Waals surface area contributed by atoms with Crippen LogP contribution in [0.1, 0.15) is 24.2 Å². The van der Waals surface area contributed by atoms with Crippen molar-refractivity contribution in [3.05, 3.63) is 33.3 Å². The van der Waals surface area contributed by atoms with Crippen LogP contribution in [0.5, 0.6) is 0 Å². The first-order chi connectivity index (χ1) is 6.09. The Morgan fingerprint density at radius 3 is 2.77 bits per heavy atom. The molecule has 1 nitrogen and oxygen atoms in total. The summed E-state index contributed by atoms with van der Waals surface area (Å²) in [7, 11) is 0. The van der Waals surface area contributed by atoms with Crippen LogP contribution in [0.2, 0.25) is 10.0 Å². The quantitative estimate of drug-likeness (QED) is 0.707. The fraction of sp³-hybridized carbons (Fsp3) is 0.400. The van der Waals surface area contributed by atoms with Gasteiger partial charge >= 0.3 is 0 Å². The molecule has 1 aromatic carbocycles. The molecule has 2 atom stereocenters. The summed E-state index contributed by atoms with van der Waals surface area (Å²) in [5.41, 5.74) is 1.94. The number of rotatable bonds is 0. The minimum Gasteiger partial charge on any atom is -0.388 e. The van der Waals surface area contributed by atoms with Crippen molar-refractivity contribution in [2.45, 2.75) is 19.4 Å². The number of aliphatic hydroxyl groups excluding tert-OH is 1. The predicted octanol–water partition coefficient (Wildman–Crippen LogP) is 3.22. The van der Waals surface area contributed by atoms with E-state index in [1.54, 1.807) is 6.07 Å². The molecule has 0 heterocycles. The van der Waals surface area contributed by atoms with Gasteiger partial charge in [0.05, 0.1) is 6.10 Å². The van der Waals surface area contributed by atoms with E-state index in [0.717, 1.165) is 17.5 Å². The Balaban J connectivity index is 2.57. The third-order valence-corrected chi connectivity index (χ3v) is 3.09. The molecule has 1 aromatic rings. The summed E-state index contributed by atoms with van der Waals surface area (Å²) < 4.78 is 0. The molecule has 1 aliphatic rings. The third kappa shape index (κ3) is 1.45. The molecule has 0 spiro atoms.